The molecule has 3 heteroatoms. The highest BCUT2D eigenvalue weighted by atomic mass is 19.1. The smallest absolute Gasteiger partial charge is 0.142 e. The topological polar surface area (TPSA) is 24.9 Å². The van der Waals surface area contributed by atoms with Crippen LogP contribution in [0.4, 0.5) is 4.39 Å². The van der Waals surface area contributed by atoms with E-state index in [1.807, 2.05) is 0 Å². The van der Waals surface area contributed by atoms with Crippen LogP contribution in [0.3, 0.4) is 0 Å². The van der Waals surface area contributed by atoms with Crippen LogP contribution in [-0.4, -0.2) is 17.6 Å². The summed E-state index contributed by atoms with van der Waals surface area (Å²) in [6, 6.07) is 2.00. The van der Waals surface area contributed by atoms with Gasteiger partial charge in [0.1, 0.15) is 5.82 Å². The Morgan fingerprint density at radius 2 is 2.33 bits per heavy atom. The van der Waals surface area contributed by atoms with E-state index >= 15 is 0 Å². The van der Waals surface area contributed by atoms with Gasteiger partial charge in [0, 0.05) is 24.3 Å². The third-order valence-corrected chi connectivity index (χ3v) is 3.35. The lowest BCUT2D eigenvalue weighted by molar-refractivity contribution is 0.262. The van der Waals surface area contributed by atoms with E-state index in [2.05, 4.69) is 16.4 Å². The molecule has 0 radical (unpaired) electrons. The molecule has 0 spiro atoms. The highest BCUT2D eigenvalue weighted by Crippen LogP contribution is 2.35. The average molecular weight is 204 g/mol. The molecule has 1 N–H and O–H groups in total. The molecule has 2 heterocycles. The lowest BCUT2D eigenvalue weighted by Crippen LogP contribution is -2.54. The maximum absolute atomic E-state index is 13.1. The number of aromatic nitrogens is 1. The summed E-state index contributed by atoms with van der Waals surface area (Å²) >= 11 is 0. The number of allylic oxidation sites excluding steroid dienone is 1. The second-order valence-electron chi connectivity index (χ2n) is 4.27. The molecule has 0 saturated carbocycles. The second-order valence-corrected chi connectivity index (χ2v) is 4.27. The predicted octanol–water partition coefficient (Wildman–Crippen LogP) is 1.99. The van der Waals surface area contributed by atoms with E-state index in [9.17, 15) is 4.39 Å². The van der Waals surface area contributed by atoms with Gasteiger partial charge in [0.2, 0.25) is 0 Å². The molecule has 15 heavy (non-hydrogen) atoms. The molecule has 3 rings (SSSR count). The maximum Gasteiger partial charge on any atom is 0.142 e. The lowest BCUT2D eigenvalue weighted by Gasteiger charge is -2.42. The van der Waals surface area contributed by atoms with Crippen LogP contribution in [0.15, 0.2) is 24.5 Å². The third kappa shape index (κ3) is 1.47. The van der Waals surface area contributed by atoms with Crippen LogP contribution in [0.1, 0.15) is 18.4 Å². The number of fused-ring (bicyclic) bond motifs is 1. The molecule has 1 aromatic rings. The molecule has 1 saturated heterocycles. The molecule has 1 aliphatic heterocycles. The summed E-state index contributed by atoms with van der Waals surface area (Å²) in [5.74, 6) is 0.489. The first kappa shape index (κ1) is 9.04. The van der Waals surface area contributed by atoms with E-state index in [0.717, 1.165) is 24.4 Å². The molecule has 2 atom stereocenters. The van der Waals surface area contributed by atoms with Gasteiger partial charge in [0.05, 0.1) is 6.20 Å². The van der Waals surface area contributed by atoms with Crippen LogP contribution in [0.5, 0.6) is 0 Å². The summed E-state index contributed by atoms with van der Waals surface area (Å²) in [4.78, 5) is 3.90. The Labute approximate surface area is 88.2 Å². The Balaban J connectivity index is 1.96. The zero-order chi connectivity index (χ0) is 10.3. The minimum atomic E-state index is -0.255. The molecule has 0 aromatic carbocycles. The van der Waals surface area contributed by atoms with Crippen molar-refractivity contribution in [1.82, 2.24) is 10.3 Å². The van der Waals surface area contributed by atoms with E-state index in [1.54, 1.807) is 12.3 Å². The molecular formula is C12H13FN2. The van der Waals surface area contributed by atoms with Crippen molar-refractivity contribution < 1.29 is 4.39 Å². The molecular weight excluding hydrogens is 191 g/mol. The number of hydrogen-bond acceptors (Lipinski definition) is 2. The number of rotatable bonds is 1. The van der Waals surface area contributed by atoms with Gasteiger partial charge in [-0.25, -0.2) is 4.39 Å². The van der Waals surface area contributed by atoms with Crippen molar-refractivity contribution in [3.63, 3.8) is 0 Å². The fourth-order valence-corrected chi connectivity index (χ4v) is 2.48. The van der Waals surface area contributed by atoms with Crippen molar-refractivity contribution in [1.29, 1.82) is 0 Å². The normalized spacial score (nSPS) is 29.0. The van der Waals surface area contributed by atoms with E-state index < -0.39 is 0 Å². The Kier molecular flexibility index (Phi) is 2.06. The zero-order valence-corrected chi connectivity index (χ0v) is 8.41. The summed E-state index contributed by atoms with van der Waals surface area (Å²) in [5.41, 5.74) is 2.15. The van der Waals surface area contributed by atoms with Crippen LogP contribution in [-0.2, 0) is 0 Å². The van der Waals surface area contributed by atoms with Crippen molar-refractivity contribution in [3.05, 3.63) is 35.9 Å². The zero-order valence-electron chi connectivity index (χ0n) is 8.41. The van der Waals surface area contributed by atoms with Crippen molar-refractivity contribution in [3.8, 4) is 0 Å². The number of nitrogens with one attached hydrogen (secondary N) is 1. The van der Waals surface area contributed by atoms with E-state index in [0.29, 0.717) is 6.04 Å². The van der Waals surface area contributed by atoms with Crippen LogP contribution >= 0.6 is 0 Å². The Morgan fingerprint density at radius 1 is 1.40 bits per heavy atom. The molecule has 2 aliphatic rings. The Morgan fingerprint density at radius 3 is 3.07 bits per heavy atom. The van der Waals surface area contributed by atoms with Crippen LogP contribution in [0.25, 0.3) is 5.57 Å². The summed E-state index contributed by atoms with van der Waals surface area (Å²) < 4.78 is 13.1. The minimum absolute atomic E-state index is 0.255. The number of halogens is 1. The van der Waals surface area contributed by atoms with Gasteiger partial charge in [-0.15, -0.1) is 0 Å². The van der Waals surface area contributed by atoms with Crippen molar-refractivity contribution in [2.75, 3.05) is 6.54 Å². The first-order chi connectivity index (χ1) is 7.34. The number of pyridine rings is 1. The molecule has 78 valence electrons. The van der Waals surface area contributed by atoms with Gasteiger partial charge in [0.15, 0.2) is 0 Å². The minimum Gasteiger partial charge on any atom is -0.309 e. The molecule has 1 aliphatic carbocycles. The molecule has 2 nitrogen and oxygen atoms in total. The molecule has 1 aromatic heterocycles. The predicted molar refractivity (Wildman–Crippen MR) is 56.7 cm³/mol. The quantitative estimate of drug-likeness (QED) is 0.756. The van der Waals surface area contributed by atoms with Gasteiger partial charge in [-0.05, 0) is 30.4 Å². The summed E-state index contributed by atoms with van der Waals surface area (Å²) in [6.45, 7) is 1.10. The van der Waals surface area contributed by atoms with Gasteiger partial charge in [-0.1, -0.05) is 6.08 Å². The fraction of sp³-hybridized carbons (Fsp3) is 0.417. The van der Waals surface area contributed by atoms with Gasteiger partial charge in [0.25, 0.3) is 0 Å². The average Bonchev–Trinajstić information content (AvgIpc) is 2.19. The van der Waals surface area contributed by atoms with E-state index in [-0.39, 0.29) is 5.82 Å². The Bertz CT molecular complexity index is 414. The molecule has 0 unspecified atom stereocenters. The molecule has 0 bridgehead atoms. The first-order valence-electron chi connectivity index (χ1n) is 5.39. The van der Waals surface area contributed by atoms with Gasteiger partial charge in [-0.3, -0.25) is 4.98 Å². The third-order valence-electron chi connectivity index (χ3n) is 3.35. The van der Waals surface area contributed by atoms with Crippen LogP contribution < -0.4 is 5.32 Å². The highest BCUT2D eigenvalue weighted by Gasteiger charge is 2.35. The van der Waals surface area contributed by atoms with Gasteiger partial charge in [-0.2, -0.15) is 0 Å². The van der Waals surface area contributed by atoms with Crippen molar-refractivity contribution in [2.24, 2.45) is 5.92 Å². The Hall–Kier alpha value is -1.22. The summed E-state index contributed by atoms with van der Waals surface area (Å²) in [7, 11) is 0. The highest BCUT2D eigenvalue weighted by molar-refractivity contribution is 5.71. The second kappa shape index (κ2) is 3.42. The van der Waals surface area contributed by atoms with Crippen LogP contribution in [0, 0.1) is 11.7 Å². The summed E-state index contributed by atoms with van der Waals surface area (Å²) in [6.07, 6.45) is 7.57. The summed E-state index contributed by atoms with van der Waals surface area (Å²) in [5, 5.41) is 3.40. The molecule has 0 amide bonds. The molecule has 1 fully saturated rings. The lowest BCUT2D eigenvalue weighted by atomic mass is 9.76. The van der Waals surface area contributed by atoms with E-state index in [1.165, 1.54) is 18.2 Å². The van der Waals surface area contributed by atoms with Crippen LogP contribution in [0.2, 0.25) is 0 Å². The number of hydrogen-bond donors (Lipinski definition) is 1. The van der Waals surface area contributed by atoms with Gasteiger partial charge < -0.3 is 5.32 Å². The van der Waals surface area contributed by atoms with E-state index in [4.69, 9.17) is 0 Å². The fourth-order valence-electron chi connectivity index (χ4n) is 2.48. The number of nitrogens with zero attached hydrogens (tertiary/aromatic N) is 1. The largest absolute Gasteiger partial charge is 0.309 e. The van der Waals surface area contributed by atoms with Gasteiger partial charge >= 0.3 is 0 Å². The SMILES string of the molecule is Fc1cncc(C2=CCC[C@@H]3CN[C@H]23)c1. The van der Waals surface area contributed by atoms with Crippen molar-refractivity contribution >= 4 is 5.57 Å². The first-order valence-corrected chi connectivity index (χ1v) is 5.39. The standard InChI is InChI=1S/C12H13FN2/c13-10-4-9(5-14-7-10)11-3-1-2-8-6-15-12(8)11/h3-5,7-8,12,15H,1-2,6H2/t8-,12+/m1/s1. The van der Waals surface area contributed by atoms with Crippen molar-refractivity contribution in [2.45, 2.75) is 18.9 Å². The monoisotopic (exact) mass is 204 g/mol. The maximum atomic E-state index is 13.1.